The van der Waals surface area contributed by atoms with E-state index in [2.05, 4.69) is 31.1 Å². The molecule has 17 heavy (non-hydrogen) atoms. The Kier molecular flexibility index (Phi) is 8.00. The molecule has 0 aromatic heterocycles. The fourth-order valence-corrected chi connectivity index (χ4v) is 2.19. The molecule has 0 heterocycles. The molecule has 1 N–H and O–H groups in total. The first-order valence-corrected chi connectivity index (χ1v) is 8.11. The van der Waals surface area contributed by atoms with Crippen LogP contribution in [-0.2, 0) is 9.84 Å². The van der Waals surface area contributed by atoms with Crippen LogP contribution in [0.5, 0.6) is 0 Å². The fourth-order valence-electron chi connectivity index (χ4n) is 1.29. The summed E-state index contributed by atoms with van der Waals surface area (Å²) < 4.78 is 23.0. The number of nitrogens with one attached hydrogen (secondary N) is 1. The highest BCUT2D eigenvalue weighted by atomic mass is 32.2. The number of hydrogen-bond donors (Lipinski definition) is 1. The molecule has 0 radical (unpaired) electrons. The molecule has 0 fully saturated rings. The van der Waals surface area contributed by atoms with Gasteiger partial charge in [0.05, 0.1) is 11.0 Å². The van der Waals surface area contributed by atoms with Crippen LogP contribution in [0.25, 0.3) is 0 Å². The van der Waals surface area contributed by atoms with Gasteiger partial charge in [-0.1, -0.05) is 0 Å². The normalized spacial score (nSPS) is 12.9. The van der Waals surface area contributed by atoms with Crippen LogP contribution in [0.15, 0.2) is 0 Å². The average Bonchev–Trinajstić information content (AvgIpc) is 2.22. The monoisotopic (exact) mass is 264 g/mol. The topological polar surface area (TPSA) is 49.4 Å². The smallest absolute Gasteiger partial charge is 0.153 e. The second-order valence-electron chi connectivity index (χ2n) is 5.09. The molecule has 4 nitrogen and oxygen atoms in total. The molecule has 0 unspecified atom stereocenters. The highest BCUT2D eigenvalue weighted by Gasteiger charge is 2.14. The van der Waals surface area contributed by atoms with E-state index in [0.29, 0.717) is 12.6 Å². The number of nitrogens with zero attached hydrogens (tertiary/aromatic N) is 1. The molecule has 0 aliphatic rings. The summed E-state index contributed by atoms with van der Waals surface area (Å²) in [6.07, 6.45) is 1.05. The van der Waals surface area contributed by atoms with Gasteiger partial charge in [-0.25, -0.2) is 8.42 Å². The molecular formula is C12H28N2O2S. The van der Waals surface area contributed by atoms with Crippen molar-refractivity contribution in [2.75, 3.05) is 32.4 Å². The van der Waals surface area contributed by atoms with E-state index in [4.69, 9.17) is 0 Å². The largest absolute Gasteiger partial charge is 0.316 e. The molecule has 0 aliphatic heterocycles. The Bertz CT molecular complexity index is 287. The molecule has 0 aromatic carbocycles. The van der Waals surface area contributed by atoms with Gasteiger partial charge in [0.2, 0.25) is 0 Å². The first kappa shape index (κ1) is 16.9. The SMILES string of the molecule is CC(C)N(C)CCCNCCS(=O)(=O)C(C)C. The van der Waals surface area contributed by atoms with Gasteiger partial charge in [0.15, 0.2) is 9.84 Å². The lowest BCUT2D eigenvalue weighted by Gasteiger charge is -2.20. The Morgan fingerprint density at radius 3 is 2.18 bits per heavy atom. The van der Waals surface area contributed by atoms with Crippen LogP contribution < -0.4 is 5.32 Å². The Labute approximate surface area is 107 Å². The lowest BCUT2D eigenvalue weighted by Crippen LogP contribution is -2.31. The second-order valence-corrected chi connectivity index (χ2v) is 7.77. The third-order valence-corrected chi connectivity index (χ3v) is 5.24. The molecule has 0 amide bonds. The van der Waals surface area contributed by atoms with E-state index in [9.17, 15) is 8.42 Å². The summed E-state index contributed by atoms with van der Waals surface area (Å²) in [5, 5.41) is 2.92. The van der Waals surface area contributed by atoms with Gasteiger partial charge in [0.1, 0.15) is 0 Å². The van der Waals surface area contributed by atoms with Crippen LogP contribution in [-0.4, -0.2) is 57.0 Å². The third kappa shape index (κ3) is 7.73. The van der Waals surface area contributed by atoms with Crippen molar-refractivity contribution in [3.8, 4) is 0 Å². The Morgan fingerprint density at radius 2 is 1.71 bits per heavy atom. The van der Waals surface area contributed by atoms with Gasteiger partial charge in [-0.2, -0.15) is 0 Å². The lowest BCUT2D eigenvalue weighted by molar-refractivity contribution is 0.270. The van der Waals surface area contributed by atoms with Gasteiger partial charge in [-0.05, 0) is 54.3 Å². The standard InChI is InChI=1S/C12H28N2O2S/c1-11(2)14(5)9-6-7-13-8-10-17(15,16)12(3)4/h11-13H,6-10H2,1-5H3. The van der Waals surface area contributed by atoms with Gasteiger partial charge in [0, 0.05) is 12.6 Å². The van der Waals surface area contributed by atoms with Crippen LogP contribution in [0, 0.1) is 0 Å². The van der Waals surface area contributed by atoms with Gasteiger partial charge in [0.25, 0.3) is 0 Å². The van der Waals surface area contributed by atoms with E-state index in [1.54, 1.807) is 13.8 Å². The first-order chi connectivity index (χ1) is 7.77. The van der Waals surface area contributed by atoms with Crippen molar-refractivity contribution in [1.82, 2.24) is 10.2 Å². The summed E-state index contributed by atoms with van der Waals surface area (Å²) in [5.74, 6) is 0.241. The van der Waals surface area contributed by atoms with Gasteiger partial charge in [-0.3, -0.25) is 0 Å². The summed E-state index contributed by atoms with van der Waals surface area (Å²) in [6, 6.07) is 0.566. The molecule has 0 saturated heterocycles. The molecule has 0 aliphatic carbocycles. The van der Waals surface area contributed by atoms with Gasteiger partial charge in [-0.15, -0.1) is 0 Å². The quantitative estimate of drug-likeness (QED) is 0.634. The highest BCUT2D eigenvalue weighted by molar-refractivity contribution is 7.92. The van der Waals surface area contributed by atoms with Crippen molar-refractivity contribution >= 4 is 9.84 Å². The van der Waals surface area contributed by atoms with Crippen molar-refractivity contribution < 1.29 is 8.42 Å². The third-order valence-electron chi connectivity index (χ3n) is 3.03. The van der Waals surface area contributed by atoms with Crippen LogP contribution in [0.4, 0.5) is 0 Å². The minimum absolute atomic E-state index is 0.241. The Hall–Kier alpha value is -0.130. The Morgan fingerprint density at radius 1 is 1.12 bits per heavy atom. The molecule has 5 heteroatoms. The van der Waals surface area contributed by atoms with Crippen LogP contribution in [0.2, 0.25) is 0 Å². The predicted molar refractivity (Wildman–Crippen MR) is 74.2 cm³/mol. The van der Waals surface area contributed by atoms with E-state index in [-0.39, 0.29) is 11.0 Å². The van der Waals surface area contributed by atoms with E-state index in [1.165, 1.54) is 0 Å². The van der Waals surface area contributed by atoms with E-state index < -0.39 is 9.84 Å². The maximum absolute atomic E-state index is 11.5. The van der Waals surface area contributed by atoms with E-state index in [0.717, 1.165) is 19.5 Å². The molecule has 0 rings (SSSR count). The van der Waals surface area contributed by atoms with Crippen molar-refractivity contribution in [3.63, 3.8) is 0 Å². The maximum atomic E-state index is 11.5. The average molecular weight is 264 g/mol. The van der Waals surface area contributed by atoms with E-state index >= 15 is 0 Å². The molecule has 0 atom stereocenters. The fraction of sp³-hybridized carbons (Fsp3) is 1.00. The zero-order valence-corrected chi connectivity index (χ0v) is 12.7. The number of hydrogen-bond acceptors (Lipinski definition) is 4. The molecule has 0 aromatic rings. The molecule has 0 spiro atoms. The zero-order valence-electron chi connectivity index (χ0n) is 11.9. The second kappa shape index (κ2) is 8.06. The van der Waals surface area contributed by atoms with Crippen molar-refractivity contribution in [2.24, 2.45) is 0 Å². The predicted octanol–water partition coefficient (Wildman–Crippen LogP) is 1.13. The van der Waals surface area contributed by atoms with Crippen molar-refractivity contribution in [1.29, 1.82) is 0 Å². The summed E-state index contributed by atoms with van der Waals surface area (Å²) in [6.45, 7) is 10.3. The minimum Gasteiger partial charge on any atom is -0.316 e. The van der Waals surface area contributed by atoms with Crippen LogP contribution in [0.1, 0.15) is 34.1 Å². The molecular weight excluding hydrogens is 236 g/mol. The van der Waals surface area contributed by atoms with Gasteiger partial charge < -0.3 is 10.2 Å². The summed E-state index contributed by atoms with van der Waals surface area (Å²) in [4.78, 5) is 2.28. The summed E-state index contributed by atoms with van der Waals surface area (Å²) in [7, 11) is -0.783. The van der Waals surface area contributed by atoms with Crippen molar-refractivity contribution in [2.45, 2.75) is 45.4 Å². The Balaban J connectivity index is 3.54. The zero-order chi connectivity index (χ0) is 13.5. The van der Waals surface area contributed by atoms with Crippen LogP contribution in [0.3, 0.4) is 0 Å². The highest BCUT2D eigenvalue weighted by Crippen LogP contribution is 1.99. The minimum atomic E-state index is -2.89. The molecule has 104 valence electrons. The maximum Gasteiger partial charge on any atom is 0.153 e. The van der Waals surface area contributed by atoms with Crippen molar-refractivity contribution in [3.05, 3.63) is 0 Å². The number of sulfone groups is 1. The van der Waals surface area contributed by atoms with Gasteiger partial charge >= 0.3 is 0 Å². The molecule has 0 bridgehead atoms. The van der Waals surface area contributed by atoms with E-state index in [1.807, 2.05) is 0 Å². The number of rotatable bonds is 9. The molecule has 0 saturated carbocycles. The first-order valence-electron chi connectivity index (χ1n) is 6.40. The summed E-state index contributed by atoms with van der Waals surface area (Å²) >= 11 is 0. The van der Waals surface area contributed by atoms with Crippen LogP contribution >= 0.6 is 0 Å². The summed E-state index contributed by atoms with van der Waals surface area (Å²) in [5.41, 5.74) is 0. The lowest BCUT2D eigenvalue weighted by atomic mass is 10.3.